The summed E-state index contributed by atoms with van der Waals surface area (Å²) < 4.78 is 0. The van der Waals surface area contributed by atoms with E-state index in [9.17, 15) is 4.79 Å². The van der Waals surface area contributed by atoms with Crippen LogP contribution in [-0.2, 0) is 4.79 Å². The summed E-state index contributed by atoms with van der Waals surface area (Å²) in [4.78, 5) is 14.0. The van der Waals surface area contributed by atoms with Gasteiger partial charge >= 0.3 is 0 Å². The van der Waals surface area contributed by atoms with Gasteiger partial charge in [-0.25, -0.2) is 0 Å². The Morgan fingerprint density at radius 2 is 1.44 bits per heavy atom. The Kier molecular flexibility index (Phi) is 6.96. The Bertz CT molecular complexity index is 948. The molecular formula is C20H13Cl4NOS. The molecular weight excluding hydrogens is 444 g/mol. The minimum atomic E-state index is -0.488. The summed E-state index contributed by atoms with van der Waals surface area (Å²) in [5.74, 6) is -0.221. The van der Waals surface area contributed by atoms with Gasteiger partial charge in [-0.2, -0.15) is 0 Å². The van der Waals surface area contributed by atoms with Crippen LogP contribution in [0.15, 0.2) is 71.6 Å². The maximum atomic E-state index is 13.0. The number of thioether (sulfide) groups is 1. The Hall–Kier alpha value is -1.36. The fourth-order valence-electron chi connectivity index (χ4n) is 2.37. The van der Waals surface area contributed by atoms with E-state index in [1.807, 2.05) is 42.5 Å². The van der Waals surface area contributed by atoms with Gasteiger partial charge in [-0.05, 0) is 42.0 Å². The van der Waals surface area contributed by atoms with Crippen molar-refractivity contribution >= 4 is 69.8 Å². The Labute approximate surface area is 181 Å². The summed E-state index contributed by atoms with van der Waals surface area (Å²) in [7, 11) is 0. The SMILES string of the molecule is O=C(Nc1cc(Cl)c(Cl)cc1Cl)[C@@H](Sc1ccc(Cl)cc1)c1ccccc1. The highest BCUT2D eigenvalue weighted by atomic mass is 35.5. The first-order valence-corrected chi connectivity index (χ1v) is 10.3. The zero-order chi connectivity index (χ0) is 19.4. The van der Waals surface area contributed by atoms with Gasteiger partial charge in [-0.15, -0.1) is 11.8 Å². The third-order valence-corrected chi connectivity index (χ3v) is 6.23. The van der Waals surface area contributed by atoms with Crippen molar-refractivity contribution in [1.82, 2.24) is 0 Å². The molecule has 138 valence electrons. The molecule has 1 atom stereocenters. The van der Waals surface area contributed by atoms with E-state index in [1.165, 1.54) is 17.8 Å². The fourth-order valence-corrected chi connectivity index (χ4v) is 4.11. The number of nitrogens with one attached hydrogen (secondary N) is 1. The number of amides is 1. The second kappa shape index (κ2) is 9.22. The fraction of sp³-hybridized carbons (Fsp3) is 0.0500. The van der Waals surface area contributed by atoms with Crippen LogP contribution in [0.1, 0.15) is 10.8 Å². The van der Waals surface area contributed by atoms with Crippen LogP contribution in [0.3, 0.4) is 0 Å². The second-order valence-electron chi connectivity index (χ2n) is 5.60. The average molecular weight is 457 g/mol. The zero-order valence-electron chi connectivity index (χ0n) is 13.8. The Morgan fingerprint density at radius 1 is 0.815 bits per heavy atom. The molecule has 7 heteroatoms. The van der Waals surface area contributed by atoms with E-state index < -0.39 is 5.25 Å². The predicted molar refractivity (Wildman–Crippen MR) is 117 cm³/mol. The number of hydrogen-bond acceptors (Lipinski definition) is 2. The Balaban J connectivity index is 1.89. The molecule has 0 spiro atoms. The summed E-state index contributed by atoms with van der Waals surface area (Å²) >= 11 is 25.6. The van der Waals surface area contributed by atoms with Gasteiger partial charge in [-0.3, -0.25) is 4.79 Å². The molecule has 3 aromatic carbocycles. The van der Waals surface area contributed by atoms with Crippen LogP contribution < -0.4 is 5.32 Å². The number of carbonyl (C=O) groups is 1. The summed E-state index contributed by atoms with van der Waals surface area (Å²) in [6, 6.07) is 19.9. The van der Waals surface area contributed by atoms with Crippen molar-refractivity contribution < 1.29 is 4.79 Å². The lowest BCUT2D eigenvalue weighted by atomic mass is 10.1. The van der Waals surface area contributed by atoms with Crippen LogP contribution in [0.2, 0.25) is 20.1 Å². The van der Waals surface area contributed by atoms with Gasteiger partial charge < -0.3 is 5.32 Å². The predicted octanol–water partition coefficient (Wildman–Crippen LogP) is 7.77. The number of halogens is 4. The third kappa shape index (κ3) is 5.34. The minimum Gasteiger partial charge on any atom is -0.323 e. The molecule has 1 N–H and O–H groups in total. The van der Waals surface area contributed by atoms with Crippen LogP contribution >= 0.6 is 58.2 Å². The molecule has 3 aromatic rings. The van der Waals surface area contributed by atoms with Crippen LogP contribution in [0, 0.1) is 0 Å². The lowest BCUT2D eigenvalue weighted by Crippen LogP contribution is -2.19. The monoisotopic (exact) mass is 455 g/mol. The molecule has 2 nitrogen and oxygen atoms in total. The summed E-state index contributed by atoms with van der Waals surface area (Å²) in [6.07, 6.45) is 0. The van der Waals surface area contributed by atoms with E-state index in [1.54, 1.807) is 18.2 Å². The van der Waals surface area contributed by atoms with E-state index in [0.29, 0.717) is 25.8 Å². The van der Waals surface area contributed by atoms with Crippen molar-refractivity contribution in [1.29, 1.82) is 0 Å². The highest BCUT2D eigenvalue weighted by Gasteiger charge is 2.23. The molecule has 0 radical (unpaired) electrons. The largest absolute Gasteiger partial charge is 0.323 e. The molecule has 0 aliphatic heterocycles. The second-order valence-corrected chi connectivity index (χ2v) is 8.43. The van der Waals surface area contributed by atoms with Gasteiger partial charge in [0.15, 0.2) is 0 Å². The molecule has 0 aromatic heterocycles. The molecule has 0 aliphatic rings. The van der Waals surface area contributed by atoms with Crippen molar-refractivity contribution in [3.05, 3.63) is 92.4 Å². The molecule has 0 aliphatic carbocycles. The van der Waals surface area contributed by atoms with Crippen LogP contribution in [0.4, 0.5) is 5.69 Å². The molecule has 27 heavy (non-hydrogen) atoms. The maximum absolute atomic E-state index is 13.0. The molecule has 0 bridgehead atoms. The van der Waals surface area contributed by atoms with Crippen molar-refractivity contribution in [3.63, 3.8) is 0 Å². The first-order valence-electron chi connectivity index (χ1n) is 7.86. The van der Waals surface area contributed by atoms with Crippen LogP contribution in [0.5, 0.6) is 0 Å². The highest BCUT2D eigenvalue weighted by Crippen LogP contribution is 2.38. The van der Waals surface area contributed by atoms with Crippen molar-refractivity contribution in [3.8, 4) is 0 Å². The van der Waals surface area contributed by atoms with Gasteiger partial charge in [0.25, 0.3) is 0 Å². The van der Waals surface area contributed by atoms with Crippen molar-refractivity contribution in [2.75, 3.05) is 5.32 Å². The standard InChI is InChI=1S/C20H13Cl4NOS/c21-13-6-8-14(9-7-13)27-19(12-4-2-1-3-5-12)20(26)25-18-11-16(23)15(22)10-17(18)24/h1-11,19H,(H,25,26)/t19-/m0/s1. The highest BCUT2D eigenvalue weighted by molar-refractivity contribution is 8.00. The smallest absolute Gasteiger partial charge is 0.242 e. The average Bonchev–Trinajstić information content (AvgIpc) is 2.66. The van der Waals surface area contributed by atoms with Gasteiger partial charge in [0, 0.05) is 9.92 Å². The van der Waals surface area contributed by atoms with Gasteiger partial charge in [0.05, 0.1) is 20.8 Å². The number of anilines is 1. The van der Waals surface area contributed by atoms with Gasteiger partial charge in [0.2, 0.25) is 5.91 Å². The molecule has 0 unspecified atom stereocenters. The lowest BCUT2D eigenvalue weighted by molar-refractivity contribution is -0.115. The molecule has 3 rings (SSSR count). The van der Waals surface area contributed by atoms with Crippen LogP contribution in [0.25, 0.3) is 0 Å². The van der Waals surface area contributed by atoms with Crippen molar-refractivity contribution in [2.24, 2.45) is 0 Å². The number of carbonyl (C=O) groups excluding carboxylic acids is 1. The number of benzene rings is 3. The van der Waals surface area contributed by atoms with Crippen LogP contribution in [-0.4, -0.2) is 5.91 Å². The maximum Gasteiger partial charge on any atom is 0.242 e. The molecule has 0 heterocycles. The topological polar surface area (TPSA) is 29.1 Å². The minimum absolute atomic E-state index is 0.221. The van der Waals surface area contributed by atoms with E-state index >= 15 is 0 Å². The number of hydrogen-bond donors (Lipinski definition) is 1. The zero-order valence-corrected chi connectivity index (χ0v) is 17.6. The van der Waals surface area contributed by atoms with E-state index in [4.69, 9.17) is 46.4 Å². The van der Waals surface area contributed by atoms with Gasteiger partial charge in [0.1, 0.15) is 5.25 Å². The molecule has 0 fully saturated rings. The molecule has 0 saturated carbocycles. The Morgan fingerprint density at radius 3 is 2.11 bits per heavy atom. The molecule has 1 amide bonds. The van der Waals surface area contributed by atoms with E-state index in [0.717, 1.165) is 10.5 Å². The van der Waals surface area contributed by atoms with E-state index in [2.05, 4.69) is 5.32 Å². The van der Waals surface area contributed by atoms with E-state index in [-0.39, 0.29) is 5.91 Å². The lowest BCUT2D eigenvalue weighted by Gasteiger charge is -2.18. The third-order valence-electron chi connectivity index (χ3n) is 3.68. The quantitative estimate of drug-likeness (QED) is 0.313. The molecule has 0 saturated heterocycles. The summed E-state index contributed by atoms with van der Waals surface area (Å²) in [6.45, 7) is 0. The summed E-state index contributed by atoms with van der Waals surface area (Å²) in [5, 5.41) is 3.97. The summed E-state index contributed by atoms with van der Waals surface area (Å²) in [5.41, 5.74) is 1.28. The normalized spacial score (nSPS) is 11.9. The first kappa shape index (κ1) is 20.4. The number of rotatable bonds is 5. The van der Waals surface area contributed by atoms with Gasteiger partial charge in [-0.1, -0.05) is 76.7 Å². The van der Waals surface area contributed by atoms with Crippen molar-refractivity contribution in [2.45, 2.75) is 10.1 Å². The first-order chi connectivity index (χ1) is 12.9.